The molecule has 0 radical (unpaired) electrons. The Morgan fingerprint density at radius 2 is 1.93 bits per heavy atom. The molecule has 0 aliphatic heterocycles. The third-order valence-corrected chi connectivity index (χ3v) is 1.90. The molecule has 0 fully saturated rings. The Balaban J connectivity index is 3.01. The molecule has 14 heavy (non-hydrogen) atoms. The highest BCUT2D eigenvalue weighted by Gasteiger charge is 2.30. The van der Waals surface area contributed by atoms with Gasteiger partial charge in [-0.2, -0.15) is 13.2 Å². The highest BCUT2D eigenvalue weighted by molar-refractivity contribution is 5.47. The van der Waals surface area contributed by atoms with Crippen LogP contribution in [0.25, 0.3) is 0 Å². The molecule has 0 heterocycles. The van der Waals surface area contributed by atoms with E-state index in [1.54, 1.807) is 20.2 Å². The lowest BCUT2D eigenvalue weighted by Gasteiger charge is -2.18. The number of alkyl halides is 3. The van der Waals surface area contributed by atoms with E-state index >= 15 is 0 Å². The van der Waals surface area contributed by atoms with Crippen molar-refractivity contribution in [2.24, 2.45) is 0 Å². The van der Waals surface area contributed by atoms with Crippen LogP contribution in [0.1, 0.15) is 5.56 Å². The monoisotopic (exact) mass is 204 g/mol. The summed E-state index contributed by atoms with van der Waals surface area (Å²) in [6.45, 7) is 0. The molecule has 0 saturated heterocycles. The summed E-state index contributed by atoms with van der Waals surface area (Å²) >= 11 is 0. The maximum absolute atomic E-state index is 12.3. The lowest BCUT2D eigenvalue weighted by atomic mass is 10.2. The fourth-order valence-corrected chi connectivity index (χ4v) is 1.02. The van der Waals surface area contributed by atoms with E-state index in [2.05, 4.69) is 5.43 Å². The highest BCUT2D eigenvalue weighted by Crippen LogP contribution is 2.30. The van der Waals surface area contributed by atoms with Crippen molar-refractivity contribution < 1.29 is 13.2 Å². The zero-order valence-electron chi connectivity index (χ0n) is 7.89. The predicted molar refractivity (Wildman–Crippen MR) is 48.9 cm³/mol. The first kappa shape index (κ1) is 10.8. The molecule has 0 amide bonds. The average Bonchev–Trinajstić information content (AvgIpc) is 2.15. The standard InChI is InChI=1S/C9H11F3N2/c1-13-14(2)8-5-3-4-7(6-8)9(10,11)12/h3-6,13H,1-2H3. The minimum atomic E-state index is -4.29. The van der Waals surface area contributed by atoms with Crippen molar-refractivity contribution in [1.82, 2.24) is 5.43 Å². The Hall–Kier alpha value is -1.23. The fraction of sp³-hybridized carbons (Fsp3) is 0.333. The van der Waals surface area contributed by atoms with Crippen LogP contribution in [-0.2, 0) is 6.18 Å². The first-order chi connectivity index (χ1) is 6.45. The van der Waals surface area contributed by atoms with E-state index in [4.69, 9.17) is 0 Å². The van der Waals surface area contributed by atoms with E-state index in [9.17, 15) is 13.2 Å². The molecule has 0 bridgehead atoms. The maximum Gasteiger partial charge on any atom is 0.416 e. The minimum absolute atomic E-state index is 0.474. The van der Waals surface area contributed by atoms with Crippen molar-refractivity contribution in [3.63, 3.8) is 0 Å². The molecule has 0 atom stereocenters. The van der Waals surface area contributed by atoms with E-state index in [-0.39, 0.29) is 0 Å². The van der Waals surface area contributed by atoms with Crippen LogP contribution in [0.2, 0.25) is 0 Å². The summed E-state index contributed by atoms with van der Waals surface area (Å²) in [6, 6.07) is 5.13. The third kappa shape index (κ3) is 2.38. The maximum atomic E-state index is 12.3. The first-order valence-corrected chi connectivity index (χ1v) is 4.03. The first-order valence-electron chi connectivity index (χ1n) is 4.03. The van der Waals surface area contributed by atoms with E-state index < -0.39 is 11.7 Å². The number of hydrazine groups is 1. The summed E-state index contributed by atoms with van der Waals surface area (Å²) in [5.74, 6) is 0. The normalized spacial score (nSPS) is 11.5. The molecule has 5 heteroatoms. The van der Waals surface area contributed by atoms with Crippen molar-refractivity contribution in [3.8, 4) is 0 Å². The zero-order valence-corrected chi connectivity index (χ0v) is 7.89. The van der Waals surface area contributed by atoms with Crippen LogP contribution in [0.5, 0.6) is 0 Å². The smallest absolute Gasteiger partial charge is 0.312 e. The Kier molecular flexibility index (Phi) is 3.00. The minimum Gasteiger partial charge on any atom is -0.312 e. The van der Waals surface area contributed by atoms with E-state index in [1.165, 1.54) is 11.1 Å². The topological polar surface area (TPSA) is 15.3 Å². The van der Waals surface area contributed by atoms with Crippen molar-refractivity contribution in [1.29, 1.82) is 0 Å². The van der Waals surface area contributed by atoms with Gasteiger partial charge < -0.3 is 5.01 Å². The number of nitrogens with one attached hydrogen (secondary N) is 1. The summed E-state index contributed by atoms with van der Waals surface area (Å²) in [4.78, 5) is 0. The predicted octanol–water partition coefficient (Wildman–Crippen LogP) is 2.28. The highest BCUT2D eigenvalue weighted by atomic mass is 19.4. The summed E-state index contributed by atoms with van der Waals surface area (Å²) < 4.78 is 36.9. The molecule has 0 aliphatic carbocycles. The quantitative estimate of drug-likeness (QED) is 0.743. The van der Waals surface area contributed by atoms with Gasteiger partial charge in [0.1, 0.15) is 0 Å². The van der Waals surface area contributed by atoms with Crippen LogP contribution in [0.4, 0.5) is 18.9 Å². The van der Waals surface area contributed by atoms with Crippen LogP contribution >= 0.6 is 0 Å². The van der Waals surface area contributed by atoms with Gasteiger partial charge >= 0.3 is 6.18 Å². The Bertz CT molecular complexity index is 309. The second kappa shape index (κ2) is 3.88. The Morgan fingerprint density at radius 1 is 1.29 bits per heavy atom. The summed E-state index contributed by atoms with van der Waals surface area (Å²) in [5.41, 5.74) is 2.56. The molecular formula is C9H11F3N2. The lowest BCUT2D eigenvalue weighted by Crippen LogP contribution is -2.30. The third-order valence-electron chi connectivity index (χ3n) is 1.90. The number of hydrogen-bond acceptors (Lipinski definition) is 2. The molecule has 0 unspecified atom stereocenters. The van der Waals surface area contributed by atoms with Gasteiger partial charge in [-0.05, 0) is 18.2 Å². The van der Waals surface area contributed by atoms with E-state index in [0.717, 1.165) is 12.1 Å². The lowest BCUT2D eigenvalue weighted by molar-refractivity contribution is -0.137. The number of hydrogen-bond donors (Lipinski definition) is 1. The molecule has 0 spiro atoms. The molecule has 1 rings (SSSR count). The van der Waals surface area contributed by atoms with Gasteiger partial charge in [0.2, 0.25) is 0 Å². The van der Waals surface area contributed by atoms with Crippen molar-refractivity contribution >= 4 is 5.69 Å². The molecule has 1 aromatic carbocycles. The van der Waals surface area contributed by atoms with Gasteiger partial charge in [-0.15, -0.1) is 0 Å². The molecular weight excluding hydrogens is 193 g/mol. The van der Waals surface area contributed by atoms with Crippen LogP contribution in [0.3, 0.4) is 0 Å². The van der Waals surface area contributed by atoms with Gasteiger partial charge in [0, 0.05) is 14.1 Å². The second-order valence-electron chi connectivity index (χ2n) is 2.83. The summed E-state index contributed by atoms with van der Waals surface area (Å²) in [7, 11) is 3.29. The molecule has 0 aromatic heterocycles. The number of rotatable bonds is 2. The molecule has 0 aliphatic rings. The Labute approximate surface area is 80.3 Å². The molecule has 1 N–H and O–H groups in total. The van der Waals surface area contributed by atoms with Gasteiger partial charge in [-0.3, -0.25) is 0 Å². The molecule has 1 aromatic rings. The van der Waals surface area contributed by atoms with Crippen molar-refractivity contribution in [2.45, 2.75) is 6.18 Å². The van der Waals surface area contributed by atoms with Crippen LogP contribution in [0.15, 0.2) is 24.3 Å². The van der Waals surface area contributed by atoms with Gasteiger partial charge in [0.15, 0.2) is 0 Å². The summed E-state index contributed by atoms with van der Waals surface area (Å²) in [6.07, 6.45) is -4.29. The van der Waals surface area contributed by atoms with Gasteiger partial charge in [-0.25, -0.2) is 5.43 Å². The van der Waals surface area contributed by atoms with Crippen LogP contribution in [-0.4, -0.2) is 14.1 Å². The van der Waals surface area contributed by atoms with Gasteiger partial charge in [0.25, 0.3) is 0 Å². The molecule has 0 saturated carbocycles. The zero-order chi connectivity index (χ0) is 10.8. The van der Waals surface area contributed by atoms with Crippen LogP contribution in [0, 0.1) is 0 Å². The Morgan fingerprint density at radius 3 is 2.43 bits per heavy atom. The van der Waals surface area contributed by atoms with Crippen molar-refractivity contribution in [3.05, 3.63) is 29.8 Å². The van der Waals surface area contributed by atoms with E-state index in [0.29, 0.717) is 5.69 Å². The molecule has 2 nitrogen and oxygen atoms in total. The number of nitrogens with zero attached hydrogens (tertiary/aromatic N) is 1. The number of halogens is 3. The number of benzene rings is 1. The van der Waals surface area contributed by atoms with Crippen LogP contribution < -0.4 is 10.4 Å². The van der Waals surface area contributed by atoms with Crippen molar-refractivity contribution in [2.75, 3.05) is 19.1 Å². The average molecular weight is 204 g/mol. The van der Waals surface area contributed by atoms with Gasteiger partial charge in [0.05, 0.1) is 11.3 Å². The van der Waals surface area contributed by atoms with E-state index in [1.807, 2.05) is 0 Å². The fourth-order valence-electron chi connectivity index (χ4n) is 1.02. The second-order valence-corrected chi connectivity index (χ2v) is 2.83. The SMILES string of the molecule is CNN(C)c1cccc(C(F)(F)F)c1. The van der Waals surface area contributed by atoms with Gasteiger partial charge in [-0.1, -0.05) is 6.07 Å². The summed E-state index contributed by atoms with van der Waals surface area (Å²) in [5, 5.41) is 1.51. The number of anilines is 1. The largest absolute Gasteiger partial charge is 0.416 e. The molecule has 78 valence electrons.